The van der Waals surface area contributed by atoms with Gasteiger partial charge in [0.15, 0.2) is 12.4 Å². The number of nitro groups is 1. The lowest BCUT2D eigenvalue weighted by atomic mass is 10.1. The second kappa shape index (κ2) is 8.29. The summed E-state index contributed by atoms with van der Waals surface area (Å²) in [6, 6.07) is 10.6. The van der Waals surface area contributed by atoms with E-state index in [4.69, 9.17) is 4.74 Å². The fraction of sp³-hybridized carbons (Fsp3) is 0.176. The first kappa shape index (κ1) is 18.5. The Morgan fingerprint density at radius 1 is 1.24 bits per heavy atom. The minimum Gasteiger partial charge on any atom is -0.485 e. The first-order valence-corrected chi connectivity index (χ1v) is 8.49. The van der Waals surface area contributed by atoms with Crippen LogP contribution in [-0.2, 0) is 4.79 Å². The van der Waals surface area contributed by atoms with Crippen molar-refractivity contribution in [2.75, 3.05) is 18.2 Å². The number of hydrogen-bond acceptors (Lipinski definition) is 6. The van der Waals surface area contributed by atoms with Crippen molar-refractivity contribution in [1.29, 1.82) is 0 Å². The van der Waals surface area contributed by atoms with Crippen LogP contribution < -0.4 is 10.1 Å². The Kier molecular flexibility index (Phi) is 6.13. The zero-order chi connectivity index (χ0) is 18.4. The Labute approximate surface area is 148 Å². The van der Waals surface area contributed by atoms with Gasteiger partial charge in [0.2, 0.25) is 5.91 Å². The summed E-state index contributed by atoms with van der Waals surface area (Å²) >= 11 is 1.41. The molecule has 0 atom stereocenters. The predicted molar refractivity (Wildman–Crippen MR) is 95.4 cm³/mol. The Morgan fingerprint density at radius 2 is 2.00 bits per heavy atom. The maximum absolute atomic E-state index is 12.3. The number of rotatable bonds is 7. The molecule has 7 nitrogen and oxygen atoms in total. The number of amides is 1. The number of nitrogens with zero attached hydrogens (tertiary/aromatic N) is 1. The highest BCUT2D eigenvalue weighted by atomic mass is 32.2. The van der Waals surface area contributed by atoms with Crippen LogP contribution >= 0.6 is 11.8 Å². The molecule has 0 aromatic heterocycles. The van der Waals surface area contributed by atoms with Crippen LogP contribution in [0.15, 0.2) is 47.4 Å². The number of nitro benzene ring substituents is 1. The molecule has 2 aromatic carbocycles. The van der Waals surface area contributed by atoms with Crippen molar-refractivity contribution in [2.45, 2.75) is 11.8 Å². The second-order valence-electron chi connectivity index (χ2n) is 5.06. The summed E-state index contributed by atoms with van der Waals surface area (Å²) in [6.45, 7) is 1.17. The molecule has 0 aliphatic heterocycles. The van der Waals surface area contributed by atoms with Gasteiger partial charge in [-0.15, -0.1) is 11.8 Å². The van der Waals surface area contributed by atoms with Gasteiger partial charge in [-0.25, -0.2) is 0 Å². The summed E-state index contributed by atoms with van der Waals surface area (Å²) in [4.78, 5) is 34.4. The standard InChI is InChI=1S/C17H16N2O5S/c1-11(20)18-15-7-6-12(8-17(15)25-2)16(21)10-24-14-5-3-4-13(9-14)19(22)23/h3-9H,10H2,1-2H3,(H,18,20). The molecule has 25 heavy (non-hydrogen) atoms. The SMILES string of the molecule is CSc1cc(C(=O)COc2cccc([N+](=O)[O-])c2)ccc1NC(C)=O. The number of benzene rings is 2. The summed E-state index contributed by atoms with van der Waals surface area (Å²) in [6.07, 6.45) is 1.84. The third-order valence-corrected chi connectivity index (χ3v) is 4.01. The van der Waals surface area contributed by atoms with Crippen molar-refractivity contribution in [1.82, 2.24) is 0 Å². The van der Waals surface area contributed by atoms with Gasteiger partial charge in [0.05, 0.1) is 16.7 Å². The van der Waals surface area contributed by atoms with E-state index in [1.54, 1.807) is 24.3 Å². The van der Waals surface area contributed by atoms with E-state index in [0.717, 1.165) is 4.90 Å². The normalized spacial score (nSPS) is 10.2. The van der Waals surface area contributed by atoms with E-state index in [1.807, 2.05) is 6.26 Å². The van der Waals surface area contributed by atoms with E-state index in [1.165, 1.54) is 36.9 Å². The zero-order valence-corrected chi connectivity index (χ0v) is 14.5. The number of hydrogen-bond donors (Lipinski definition) is 1. The van der Waals surface area contributed by atoms with Crippen LogP contribution in [0.3, 0.4) is 0 Å². The summed E-state index contributed by atoms with van der Waals surface area (Å²) in [5.41, 5.74) is 0.967. The summed E-state index contributed by atoms with van der Waals surface area (Å²) in [5.74, 6) is -0.206. The lowest BCUT2D eigenvalue weighted by Gasteiger charge is -2.10. The first-order chi connectivity index (χ1) is 11.9. The monoisotopic (exact) mass is 360 g/mol. The molecular weight excluding hydrogens is 344 g/mol. The predicted octanol–water partition coefficient (Wildman–Crippen LogP) is 3.54. The Balaban J connectivity index is 2.09. The number of ether oxygens (including phenoxy) is 1. The fourth-order valence-corrected chi connectivity index (χ4v) is 2.66. The molecule has 0 fully saturated rings. The Morgan fingerprint density at radius 3 is 2.64 bits per heavy atom. The van der Waals surface area contributed by atoms with Crippen molar-refractivity contribution < 1.29 is 19.2 Å². The largest absolute Gasteiger partial charge is 0.485 e. The molecule has 2 aromatic rings. The highest BCUT2D eigenvalue weighted by Gasteiger charge is 2.12. The topological polar surface area (TPSA) is 98.5 Å². The highest BCUT2D eigenvalue weighted by molar-refractivity contribution is 7.98. The van der Waals surface area contributed by atoms with E-state index in [2.05, 4.69) is 5.32 Å². The average molecular weight is 360 g/mol. The van der Waals surface area contributed by atoms with Gasteiger partial charge in [-0.3, -0.25) is 19.7 Å². The summed E-state index contributed by atoms with van der Waals surface area (Å²) in [7, 11) is 0. The zero-order valence-electron chi connectivity index (χ0n) is 13.6. The molecule has 0 radical (unpaired) electrons. The number of non-ortho nitro benzene ring substituents is 1. The fourth-order valence-electron chi connectivity index (χ4n) is 2.08. The molecule has 0 aliphatic carbocycles. The van der Waals surface area contributed by atoms with Gasteiger partial charge >= 0.3 is 0 Å². The second-order valence-corrected chi connectivity index (χ2v) is 5.91. The smallest absolute Gasteiger partial charge is 0.273 e. The third kappa shape index (κ3) is 5.05. The number of thioether (sulfide) groups is 1. The van der Waals surface area contributed by atoms with Crippen molar-refractivity contribution in [3.8, 4) is 5.75 Å². The van der Waals surface area contributed by atoms with Crippen molar-refractivity contribution in [3.05, 3.63) is 58.1 Å². The van der Waals surface area contributed by atoms with Gasteiger partial charge in [0.25, 0.3) is 5.69 Å². The molecule has 2 rings (SSSR count). The van der Waals surface area contributed by atoms with E-state index < -0.39 is 4.92 Å². The molecule has 0 saturated carbocycles. The van der Waals surface area contributed by atoms with Gasteiger partial charge < -0.3 is 10.1 Å². The molecule has 0 spiro atoms. The number of nitrogens with one attached hydrogen (secondary N) is 1. The van der Waals surface area contributed by atoms with Crippen molar-refractivity contribution in [2.24, 2.45) is 0 Å². The molecule has 0 heterocycles. The van der Waals surface area contributed by atoms with E-state index in [-0.39, 0.29) is 29.7 Å². The molecule has 0 unspecified atom stereocenters. The van der Waals surface area contributed by atoms with Crippen LogP contribution in [0, 0.1) is 10.1 Å². The lowest BCUT2D eigenvalue weighted by Crippen LogP contribution is -2.13. The number of anilines is 1. The van der Waals surface area contributed by atoms with Crippen LogP contribution in [-0.4, -0.2) is 29.5 Å². The number of ketones is 1. The quantitative estimate of drug-likeness (QED) is 0.351. The van der Waals surface area contributed by atoms with Crippen LogP contribution in [0.2, 0.25) is 0 Å². The van der Waals surface area contributed by atoms with Gasteiger partial charge in [-0.05, 0) is 30.5 Å². The maximum atomic E-state index is 12.3. The van der Waals surface area contributed by atoms with Gasteiger partial charge in [0, 0.05) is 23.4 Å². The third-order valence-electron chi connectivity index (χ3n) is 3.23. The van der Waals surface area contributed by atoms with Gasteiger partial charge in [0.1, 0.15) is 5.75 Å². The Hall–Kier alpha value is -2.87. The van der Waals surface area contributed by atoms with Crippen LogP contribution in [0.25, 0.3) is 0 Å². The minimum atomic E-state index is -0.528. The summed E-state index contributed by atoms with van der Waals surface area (Å²) in [5, 5.41) is 13.4. The van der Waals surface area contributed by atoms with Crippen LogP contribution in [0.4, 0.5) is 11.4 Å². The molecule has 1 amide bonds. The first-order valence-electron chi connectivity index (χ1n) is 7.27. The minimum absolute atomic E-state index is 0.103. The maximum Gasteiger partial charge on any atom is 0.273 e. The lowest BCUT2D eigenvalue weighted by molar-refractivity contribution is -0.384. The molecule has 0 bridgehead atoms. The number of carbonyl (C=O) groups excluding carboxylic acids is 2. The number of Topliss-reactive ketones (excluding diaryl/α,β-unsaturated/α-hetero) is 1. The highest BCUT2D eigenvalue weighted by Crippen LogP contribution is 2.27. The Bertz CT molecular complexity index is 822. The molecule has 130 valence electrons. The van der Waals surface area contributed by atoms with Crippen LogP contribution in [0.5, 0.6) is 5.75 Å². The van der Waals surface area contributed by atoms with E-state index in [0.29, 0.717) is 11.3 Å². The molecule has 0 aliphatic rings. The summed E-state index contributed by atoms with van der Waals surface area (Å²) < 4.78 is 5.35. The number of carbonyl (C=O) groups is 2. The molecular formula is C17H16N2O5S. The van der Waals surface area contributed by atoms with Crippen LogP contribution in [0.1, 0.15) is 17.3 Å². The average Bonchev–Trinajstić information content (AvgIpc) is 2.59. The molecule has 1 N–H and O–H groups in total. The van der Waals surface area contributed by atoms with Gasteiger partial charge in [-0.1, -0.05) is 6.07 Å². The van der Waals surface area contributed by atoms with Gasteiger partial charge in [-0.2, -0.15) is 0 Å². The van der Waals surface area contributed by atoms with Crippen molar-refractivity contribution >= 4 is 34.8 Å². The molecule has 0 saturated heterocycles. The van der Waals surface area contributed by atoms with Crippen molar-refractivity contribution in [3.63, 3.8) is 0 Å². The molecule has 8 heteroatoms. The van der Waals surface area contributed by atoms with E-state index >= 15 is 0 Å². The van der Waals surface area contributed by atoms with E-state index in [9.17, 15) is 19.7 Å².